The van der Waals surface area contributed by atoms with Crippen LogP contribution in [0.25, 0.3) is 0 Å². The van der Waals surface area contributed by atoms with Gasteiger partial charge in [-0.2, -0.15) is 0 Å². The maximum Gasteiger partial charge on any atom is 0.305 e. The molecule has 0 N–H and O–H groups in total. The number of carbonyl (C=O) groups is 1. The fraction of sp³-hybridized carbons (Fsp3) is 0.952. The van der Waals surface area contributed by atoms with Crippen LogP contribution < -0.4 is 0 Å². The minimum absolute atomic E-state index is 0.0621. The summed E-state index contributed by atoms with van der Waals surface area (Å²) >= 11 is 0. The number of ether oxygens (including phenoxy) is 1. The lowest BCUT2D eigenvalue weighted by Crippen LogP contribution is -1.99. The number of methoxy groups -OCH3 is 1. The van der Waals surface area contributed by atoms with Crippen LogP contribution in [-0.4, -0.2) is 13.1 Å². The molecular formula is C21H40O2. The van der Waals surface area contributed by atoms with Crippen LogP contribution in [0, 0.1) is 5.92 Å². The average Bonchev–Trinajstić information content (AvgIpc) is 3.38. The van der Waals surface area contributed by atoms with Crippen LogP contribution in [0.1, 0.15) is 116 Å². The summed E-state index contributed by atoms with van der Waals surface area (Å²) in [6, 6.07) is 0. The summed E-state index contributed by atoms with van der Waals surface area (Å²) in [5.74, 6) is 1.07. The first-order chi connectivity index (χ1) is 11.3. The average molecular weight is 325 g/mol. The van der Waals surface area contributed by atoms with E-state index in [0.717, 1.165) is 12.3 Å². The molecule has 23 heavy (non-hydrogen) atoms. The molecule has 0 aromatic rings. The molecule has 136 valence electrons. The Morgan fingerprint density at radius 3 is 1.48 bits per heavy atom. The van der Waals surface area contributed by atoms with E-state index in [9.17, 15) is 4.79 Å². The van der Waals surface area contributed by atoms with E-state index in [1.807, 2.05) is 0 Å². The maximum atomic E-state index is 11.0. The summed E-state index contributed by atoms with van der Waals surface area (Å²) in [6.45, 7) is 0. The first-order valence-corrected chi connectivity index (χ1v) is 10.4. The topological polar surface area (TPSA) is 26.3 Å². The third-order valence-corrected chi connectivity index (χ3v) is 5.17. The van der Waals surface area contributed by atoms with Gasteiger partial charge in [0, 0.05) is 6.42 Å². The molecule has 0 spiro atoms. The summed E-state index contributed by atoms with van der Waals surface area (Å²) in [5.41, 5.74) is 0. The Morgan fingerprint density at radius 1 is 0.696 bits per heavy atom. The molecule has 1 fully saturated rings. The normalized spacial score (nSPS) is 14.1. The van der Waals surface area contributed by atoms with Crippen molar-refractivity contribution in [1.82, 2.24) is 0 Å². The zero-order chi connectivity index (χ0) is 16.6. The number of carbonyl (C=O) groups excluding carboxylic acids is 1. The van der Waals surface area contributed by atoms with Gasteiger partial charge in [-0.25, -0.2) is 0 Å². The summed E-state index contributed by atoms with van der Waals surface area (Å²) in [4.78, 5) is 11.0. The van der Waals surface area contributed by atoms with Gasteiger partial charge in [-0.3, -0.25) is 4.79 Å². The van der Waals surface area contributed by atoms with E-state index >= 15 is 0 Å². The molecule has 1 aliphatic carbocycles. The number of esters is 1. The van der Waals surface area contributed by atoms with Gasteiger partial charge < -0.3 is 4.74 Å². The zero-order valence-electron chi connectivity index (χ0n) is 15.6. The number of hydrogen-bond acceptors (Lipinski definition) is 2. The highest BCUT2D eigenvalue weighted by molar-refractivity contribution is 5.68. The Kier molecular flexibility index (Phi) is 13.4. The lowest BCUT2D eigenvalue weighted by molar-refractivity contribution is -0.140. The molecule has 0 unspecified atom stereocenters. The molecule has 0 saturated heterocycles. The third-order valence-electron chi connectivity index (χ3n) is 5.17. The van der Waals surface area contributed by atoms with Crippen LogP contribution in [-0.2, 0) is 9.53 Å². The van der Waals surface area contributed by atoms with E-state index in [4.69, 9.17) is 0 Å². The molecule has 1 aliphatic rings. The molecule has 0 radical (unpaired) electrons. The summed E-state index contributed by atoms with van der Waals surface area (Å²) in [7, 11) is 1.47. The maximum absolute atomic E-state index is 11.0. The van der Waals surface area contributed by atoms with Gasteiger partial charge in [0.2, 0.25) is 0 Å². The molecule has 0 aromatic carbocycles. The van der Waals surface area contributed by atoms with Gasteiger partial charge in [0.1, 0.15) is 0 Å². The predicted molar refractivity (Wildman–Crippen MR) is 98.6 cm³/mol. The van der Waals surface area contributed by atoms with Crippen molar-refractivity contribution in [2.45, 2.75) is 116 Å². The standard InChI is InChI=1S/C21H40O2/c1-23-21(22)17-15-13-11-9-7-5-3-2-4-6-8-10-12-14-16-20-18-19-20/h20H,2-19H2,1H3. The molecule has 2 heteroatoms. The SMILES string of the molecule is COC(=O)CCCCCCCCCCCCCCCCC1CC1. The molecule has 1 saturated carbocycles. The quantitative estimate of drug-likeness (QED) is 0.217. The molecular weight excluding hydrogens is 284 g/mol. The monoisotopic (exact) mass is 324 g/mol. The van der Waals surface area contributed by atoms with E-state index in [1.165, 1.54) is 110 Å². The van der Waals surface area contributed by atoms with Gasteiger partial charge in [0.15, 0.2) is 0 Å². The van der Waals surface area contributed by atoms with Crippen LogP contribution in [0.5, 0.6) is 0 Å². The highest BCUT2D eigenvalue weighted by Crippen LogP contribution is 2.34. The van der Waals surface area contributed by atoms with Crippen molar-refractivity contribution in [3.05, 3.63) is 0 Å². The van der Waals surface area contributed by atoms with Crippen LogP contribution >= 0.6 is 0 Å². The largest absolute Gasteiger partial charge is 0.469 e. The second kappa shape index (κ2) is 15.0. The van der Waals surface area contributed by atoms with Crippen LogP contribution in [0.2, 0.25) is 0 Å². The molecule has 0 atom stereocenters. The zero-order valence-corrected chi connectivity index (χ0v) is 15.6. The molecule has 0 aliphatic heterocycles. The van der Waals surface area contributed by atoms with Crippen LogP contribution in [0.15, 0.2) is 0 Å². The Morgan fingerprint density at radius 2 is 1.09 bits per heavy atom. The van der Waals surface area contributed by atoms with Crippen molar-refractivity contribution in [2.24, 2.45) is 5.92 Å². The van der Waals surface area contributed by atoms with E-state index in [2.05, 4.69) is 4.74 Å². The predicted octanol–water partition coefficient (Wildman–Crippen LogP) is 6.81. The molecule has 1 rings (SSSR count). The van der Waals surface area contributed by atoms with Crippen molar-refractivity contribution < 1.29 is 9.53 Å². The van der Waals surface area contributed by atoms with E-state index in [0.29, 0.717) is 6.42 Å². The van der Waals surface area contributed by atoms with Crippen molar-refractivity contribution in [3.63, 3.8) is 0 Å². The lowest BCUT2D eigenvalue weighted by Gasteiger charge is -2.03. The summed E-state index contributed by atoms with van der Waals surface area (Å²) in [5, 5.41) is 0. The van der Waals surface area contributed by atoms with Gasteiger partial charge >= 0.3 is 5.97 Å². The second-order valence-electron chi connectivity index (χ2n) is 7.51. The smallest absolute Gasteiger partial charge is 0.305 e. The summed E-state index contributed by atoms with van der Waals surface area (Å²) < 4.78 is 4.64. The molecule has 0 amide bonds. The van der Waals surface area contributed by atoms with Crippen molar-refractivity contribution in [2.75, 3.05) is 7.11 Å². The Balaban J connectivity index is 1.62. The molecule has 0 bridgehead atoms. The second-order valence-corrected chi connectivity index (χ2v) is 7.51. The van der Waals surface area contributed by atoms with Crippen LogP contribution in [0.3, 0.4) is 0 Å². The summed E-state index contributed by atoms with van der Waals surface area (Å²) in [6.07, 6.45) is 24.4. The van der Waals surface area contributed by atoms with Crippen molar-refractivity contribution in [3.8, 4) is 0 Å². The van der Waals surface area contributed by atoms with Gasteiger partial charge in [0.05, 0.1) is 7.11 Å². The van der Waals surface area contributed by atoms with Crippen molar-refractivity contribution in [1.29, 1.82) is 0 Å². The van der Waals surface area contributed by atoms with Gasteiger partial charge in [-0.1, -0.05) is 103 Å². The number of hydrogen-bond donors (Lipinski definition) is 0. The fourth-order valence-electron chi connectivity index (χ4n) is 3.33. The highest BCUT2D eigenvalue weighted by Gasteiger charge is 2.19. The molecule has 0 aromatic heterocycles. The van der Waals surface area contributed by atoms with Gasteiger partial charge in [-0.15, -0.1) is 0 Å². The lowest BCUT2D eigenvalue weighted by atomic mass is 10.0. The first kappa shape index (κ1) is 20.5. The Labute approximate surface area is 144 Å². The van der Waals surface area contributed by atoms with E-state index < -0.39 is 0 Å². The van der Waals surface area contributed by atoms with Gasteiger partial charge in [0.25, 0.3) is 0 Å². The Bertz CT molecular complexity index is 271. The Hall–Kier alpha value is -0.530. The minimum atomic E-state index is -0.0621. The third kappa shape index (κ3) is 14.8. The van der Waals surface area contributed by atoms with Crippen molar-refractivity contribution >= 4 is 5.97 Å². The highest BCUT2D eigenvalue weighted by atomic mass is 16.5. The fourth-order valence-corrected chi connectivity index (χ4v) is 3.33. The van der Waals surface area contributed by atoms with E-state index in [-0.39, 0.29) is 5.97 Å². The van der Waals surface area contributed by atoms with Crippen LogP contribution in [0.4, 0.5) is 0 Å². The number of unbranched alkanes of at least 4 members (excludes halogenated alkanes) is 13. The molecule has 2 nitrogen and oxygen atoms in total. The minimum Gasteiger partial charge on any atom is -0.469 e. The number of rotatable bonds is 17. The van der Waals surface area contributed by atoms with Gasteiger partial charge in [-0.05, 0) is 12.3 Å². The van der Waals surface area contributed by atoms with E-state index in [1.54, 1.807) is 0 Å². The first-order valence-electron chi connectivity index (χ1n) is 10.4. The molecule has 0 heterocycles.